The molecular formula is C17H17N2O2. The van der Waals surface area contributed by atoms with Gasteiger partial charge in [0.15, 0.2) is 11.5 Å². The molecular weight excluding hydrogens is 264 g/mol. The van der Waals surface area contributed by atoms with E-state index in [2.05, 4.69) is 24.2 Å². The third kappa shape index (κ3) is 2.23. The highest BCUT2D eigenvalue weighted by Gasteiger charge is 2.15. The molecule has 0 aliphatic rings. The van der Waals surface area contributed by atoms with Gasteiger partial charge in [-0.05, 0) is 43.7 Å². The first-order chi connectivity index (χ1) is 10.1. The van der Waals surface area contributed by atoms with Crippen LogP contribution in [0.25, 0.3) is 16.9 Å². The Morgan fingerprint density at radius 2 is 1.90 bits per heavy atom. The van der Waals surface area contributed by atoms with Crippen molar-refractivity contribution in [2.24, 2.45) is 0 Å². The van der Waals surface area contributed by atoms with E-state index in [9.17, 15) is 0 Å². The SMILES string of the molecule is COc1cccc(-c2[c]n3c(C)cc(C)cc3n2)c1OC. The second-order valence-corrected chi connectivity index (χ2v) is 4.98. The highest BCUT2D eigenvalue weighted by Crippen LogP contribution is 2.37. The van der Waals surface area contributed by atoms with Crippen molar-refractivity contribution >= 4 is 5.65 Å². The minimum absolute atomic E-state index is 0.675. The zero-order chi connectivity index (χ0) is 15.0. The molecule has 3 rings (SSSR count). The second-order valence-electron chi connectivity index (χ2n) is 4.98. The van der Waals surface area contributed by atoms with E-state index in [-0.39, 0.29) is 0 Å². The fraction of sp³-hybridized carbons (Fsp3) is 0.235. The molecule has 0 fully saturated rings. The lowest BCUT2D eigenvalue weighted by Gasteiger charge is -2.10. The van der Waals surface area contributed by atoms with Crippen molar-refractivity contribution in [3.05, 3.63) is 47.8 Å². The Morgan fingerprint density at radius 3 is 2.62 bits per heavy atom. The predicted octanol–water partition coefficient (Wildman–Crippen LogP) is 3.44. The molecule has 3 aromatic rings. The Kier molecular flexibility index (Phi) is 3.29. The monoisotopic (exact) mass is 281 g/mol. The third-order valence-corrected chi connectivity index (χ3v) is 3.48. The molecule has 2 aromatic heterocycles. The summed E-state index contributed by atoms with van der Waals surface area (Å²) in [6.07, 6.45) is 3.30. The number of rotatable bonds is 3. The summed E-state index contributed by atoms with van der Waals surface area (Å²) in [7, 11) is 3.26. The standard InChI is InChI=1S/C17H17N2O2/c1-11-8-12(2)19-10-14(18-16(19)9-11)13-6-5-7-15(20-3)17(13)21-4/h5-9H,1-4H3. The fourth-order valence-corrected chi connectivity index (χ4v) is 2.55. The van der Waals surface area contributed by atoms with E-state index in [1.807, 2.05) is 35.6 Å². The van der Waals surface area contributed by atoms with Crippen molar-refractivity contribution < 1.29 is 9.47 Å². The average Bonchev–Trinajstić information content (AvgIpc) is 2.90. The molecule has 0 aliphatic carbocycles. The summed E-state index contributed by atoms with van der Waals surface area (Å²) in [5.74, 6) is 1.36. The van der Waals surface area contributed by atoms with Crippen molar-refractivity contribution in [2.75, 3.05) is 14.2 Å². The molecule has 1 radical (unpaired) electrons. The van der Waals surface area contributed by atoms with E-state index in [0.29, 0.717) is 11.5 Å². The first-order valence-electron chi connectivity index (χ1n) is 6.74. The Morgan fingerprint density at radius 1 is 1.10 bits per heavy atom. The predicted molar refractivity (Wildman–Crippen MR) is 82.0 cm³/mol. The summed E-state index contributed by atoms with van der Waals surface area (Å²) in [6, 6.07) is 9.90. The molecule has 4 heteroatoms. The molecule has 0 aliphatic heterocycles. The van der Waals surface area contributed by atoms with Gasteiger partial charge >= 0.3 is 0 Å². The van der Waals surface area contributed by atoms with Gasteiger partial charge in [-0.15, -0.1) is 0 Å². The number of methoxy groups -OCH3 is 2. The van der Waals surface area contributed by atoms with Crippen LogP contribution in [-0.4, -0.2) is 23.6 Å². The van der Waals surface area contributed by atoms with Crippen LogP contribution in [0.2, 0.25) is 0 Å². The van der Waals surface area contributed by atoms with E-state index in [0.717, 1.165) is 22.6 Å². The zero-order valence-electron chi connectivity index (χ0n) is 12.6. The summed E-state index contributed by atoms with van der Waals surface area (Å²) in [4.78, 5) is 4.66. The highest BCUT2D eigenvalue weighted by atomic mass is 16.5. The van der Waals surface area contributed by atoms with Gasteiger partial charge < -0.3 is 9.47 Å². The molecule has 0 unspecified atom stereocenters. The second kappa shape index (κ2) is 5.13. The van der Waals surface area contributed by atoms with Crippen molar-refractivity contribution in [3.8, 4) is 22.8 Å². The number of imidazole rings is 1. The number of hydrogen-bond acceptors (Lipinski definition) is 3. The highest BCUT2D eigenvalue weighted by molar-refractivity contribution is 5.72. The number of nitrogens with zero attached hydrogens (tertiary/aromatic N) is 2. The number of hydrogen-bond donors (Lipinski definition) is 0. The van der Waals surface area contributed by atoms with Gasteiger partial charge in [0.25, 0.3) is 0 Å². The zero-order valence-corrected chi connectivity index (χ0v) is 12.6. The van der Waals surface area contributed by atoms with E-state index >= 15 is 0 Å². The van der Waals surface area contributed by atoms with Gasteiger partial charge in [0.1, 0.15) is 17.5 Å². The molecule has 0 bridgehead atoms. The number of pyridine rings is 1. The Balaban J connectivity index is 2.23. The smallest absolute Gasteiger partial charge is 0.170 e. The summed E-state index contributed by atoms with van der Waals surface area (Å²) >= 11 is 0. The van der Waals surface area contributed by atoms with Crippen LogP contribution in [0, 0.1) is 20.0 Å². The average molecular weight is 281 g/mol. The first-order valence-corrected chi connectivity index (χ1v) is 6.74. The number of para-hydroxylation sites is 1. The Bertz CT molecular complexity index is 806. The van der Waals surface area contributed by atoms with E-state index < -0.39 is 0 Å². The maximum absolute atomic E-state index is 5.48. The van der Waals surface area contributed by atoms with Gasteiger partial charge in [-0.2, -0.15) is 0 Å². The summed E-state index contributed by atoms with van der Waals surface area (Å²) in [6.45, 7) is 4.11. The quantitative estimate of drug-likeness (QED) is 0.738. The normalized spacial score (nSPS) is 10.9. The van der Waals surface area contributed by atoms with Crippen LogP contribution in [0.5, 0.6) is 11.5 Å². The van der Waals surface area contributed by atoms with Crippen LogP contribution in [0.1, 0.15) is 11.3 Å². The van der Waals surface area contributed by atoms with Gasteiger partial charge in [0.05, 0.1) is 14.2 Å². The van der Waals surface area contributed by atoms with Crippen LogP contribution in [0.15, 0.2) is 30.3 Å². The molecule has 0 N–H and O–H groups in total. The number of aromatic nitrogens is 2. The molecule has 0 amide bonds. The lowest BCUT2D eigenvalue weighted by atomic mass is 10.1. The summed E-state index contributed by atoms with van der Waals surface area (Å²) in [5.41, 5.74) is 4.79. The number of ether oxygens (including phenoxy) is 2. The number of aryl methyl sites for hydroxylation is 2. The van der Waals surface area contributed by atoms with Gasteiger partial charge in [-0.25, -0.2) is 4.98 Å². The van der Waals surface area contributed by atoms with E-state index in [1.54, 1.807) is 14.2 Å². The molecule has 0 saturated heterocycles. The van der Waals surface area contributed by atoms with Crippen LogP contribution >= 0.6 is 0 Å². The Labute approximate surface area is 124 Å². The topological polar surface area (TPSA) is 35.8 Å². The van der Waals surface area contributed by atoms with Gasteiger partial charge in [0.2, 0.25) is 0 Å². The first kappa shape index (κ1) is 13.5. The molecule has 1 aromatic carbocycles. The fourth-order valence-electron chi connectivity index (χ4n) is 2.55. The van der Waals surface area contributed by atoms with Gasteiger partial charge in [-0.3, -0.25) is 4.40 Å². The van der Waals surface area contributed by atoms with Crippen LogP contribution in [-0.2, 0) is 0 Å². The maximum Gasteiger partial charge on any atom is 0.170 e. The van der Waals surface area contributed by atoms with Crippen molar-refractivity contribution in [1.82, 2.24) is 9.38 Å². The molecule has 0 saturated carbocycles. The van der Waals surface area contributed by atoms with Crippen molar-refractivity contribution in [2.45, 2.75) is 13.8 Å². The third-order valence-electron chi connectivity index (χ3n) is 3.48. The lowest BCUT2D eigenvalue weighted by molar-refractivity contribution is 0.356. The van der Waals surface area contributed by atoms with E-state index in [4.69, 9.17) is 9.47 Å². The molecule has 107 valence electrons. The molecule has 4 nitrogen and oxygen atoms in total. The molecule has 0 atom stereocenters. The summed E-state index contributed by atoms with van der Waals surface area (Å²) in [5, 5.41) is 0. The maximum atomic E-state index is 5.48. The van der Waals surface area contributed by atoms with Gasteiger partial charge in [-0.1, -0.05) is 6.07 Å². The van der Waals surface area contributed by atoms with E-state index in [1.165, 1.54) is 5.56 Å². The molecule has 0 spiro atoms. The Hall–Kier alpha value is -2.49. The summed E-state index contributed by atoms with van der Waals surface area (Å²) < 4.78 is 12.8. The van der Waals surface area contributed by atoms with Gasteiger partial charge in [0, 0.05) is 11.3 Å². The minimum atomic E-state index is 0.675. The van der Waals surface area contributed by atoms with Crippen LogP contribution in [0.4, 0.5) is 0 Å². The van der Waals surface area contributed by atoms with Crippen LogP contribution < -0.4 is 9.47 Å². The van der Waals surface area contributed by atoms with Crippen molar-refractivity contribution in [1.29, 1.82) is 0 Å². The lowest BCUT2D eigenvalue weighted by Crippen LogP contribution is -1.93. The minimum Gasteiger partial charge on any atom is -0.493 e. The van der Waals surface area contributed by atoms with Crippen LogP contribution in [0.3, 0.4) is 0 Å². The number of benzene rings is 1. The number of fused-ring (bicyclic) bond motifs is 1. The largest absolute Gasteiger partial charge is 0.493 e. The molecule has 21 heavy (non-hydrogen) atoms. The molecule has 2 heterocycles. The van der Waals surface area contributed by atoms with Crippen molar-refractivity contribution in [3.63, 3.8) is 0 Å².